The maximum Gasteiger partial charge on any atom is 0.168 e. The van der Waals surface area contributed by atoms with Crippen molar-refractivity contribution in [1.82, 2.24) is 0 Å². The first-order chi connectivity index (χ1) is 8.95. The van der Waals surface area contributed by atoms with Crippen LogP contribution < -0.4 is 4.74 Å². The van der Waals surface area contributed by atoms with Gasteiger partial charge in [0.1, 0.15) is 12.4 Å². The third-order valence-corrected chi connectivity index (χ3v) is 5.76. The van der Waals surface area contributed by atoms with E-state index in [0.29, 0.717) is 12.5 Å². The monoisotopic (exact) mass is 277 g/mol. The summed E-state index contributed by atoms with van der Waals surface area (Å²) in [6.07, 6.45) is 1.47. The summed E-state index contributed by atoms with van der Waals surface area (Å²) in [5, 5.41) is 0.272. The van der Waals surface area contributed by atoms with Gasteiger partial charge in [0.2, 0.25) is 0 Å². The molecule has 0 fully saturated rings. The van der Waals surface area contributed by atoms with E-state index >= 15 is 0 Å². The Kier molecular flexibility index (Phi) is 6.32. The molecule has 2 nitrogen and oxygen atoms in total. The van der Waals surface area contributed by atoms with Crippen LogP contribution in [0.3, 0.4) is 0 Å². The first kappa shape index (κ1) is 16.0. The van der Waals surface area contributed by atoms with Crippen molar-refractivity contribution in [2.75, 3.05) is 6.61 Å². The molecule has 0 N–H and O–H groups in total. The highest BCUT2D eigenvalue weighted by Gasteiger charge is 2.24. The Morgan fingerprint density at radius 2 is 1.89 bits per heavy atom. The molecular weight excluding hydrogens is 252 g/mol. The van der Waals surface area contributed by atoms with E-state index in [2.05, 4.69) is 27.7 Å². The smallest absolute Gasteiger partial charge is 0.168 e. The van der Waals surface area contributed by atoms with Crippen LogP contribution in [-0.2, 0) is 4.43 Å². The van der Waals surface area contributed by atoms with Crippen molar-refractivity contribution in [3.05, 3.63) is 43.0 Å². The topological polar surface area (TPSA) is 18.5 Å². The molecule has 1 aromatic carbocycles. The Morgan fingerprint density at radius 1 is 1.26 bits per heavy atom. The van der Waals surface area contributed by atoms with E-state index in [-0.39, 0.29) is 11.1 Å². The Bertz CT molecular complexity index is 374. The number of hydrogen-bond donors (Lipinski definition) is 0. The van der Waals surface area contributed by atoms with E-state index in [1.165, 1.54) is 0 Å². The van der Waals surface area contributed by atoms with Crippen LogP contribution in [0.5, 0.6) is 5.75 Å². The summed E-state index contributed by atoms with van der Waals surface area (Å²) in [5.41, 5.74) is 0. The standard InChI is InChI=1S/C16H25O2Si/c1-6-14(18-19-16(4,5)13(2)3)12-17-15-10-8-7-9-11-15/h1,6-11,13-14H,12,19H2,2-5H3. The van der Waals surface area contributed by atoms with Gasteiger partial charge in [-0.2, -0.15) is 0 Å². The molecule has 1 unspecified atom stereocenters. The molecule has 0 amide bonds. The average Bonchev–Trinajstić information content (AvgIpc) is 2.40. The maximum absolute atomic E-state index is 5.97. The zero-order valence-corrected chi connectivity index (χ0v) is 13.8. The normalized spacial score (nSPS) is 13.9. The molecule has 1 atom stereocenters. The van der Waals surface area contributed by atoms with Crippen LogP contribution in [0.2, 0.25) is 5.04 Å². The Morgan fingerprint density at radius 3 is 2.42 bits per heavy atom. The van der Waals surface area contributed by atoms with Gasteiger partial charge in [0.05, 0.1) is 6.10 Å². The van der Waals surface area contributed by atoms with E-state index in [1.807, 2.05) is 30.3 Å². The highest BCUT2D eigenvalue weighted by Crippen LogP contribution is 2.33. The highest BCUT2D eigenvalue weighted by molar-refractivity contribution is 6.32. The summed E-state index contributed by atoms with van der Waals surface area (Å²) >= 11 is 0. The van der Waals surface area contributed by atoms with Crippen molar-refractivity contribution >= 4 is 9.76 Å². The van der Waals surface area contributed by atoms with Crippen molar-refractivity contribution in [2.24, 2.45) is 5.92 Å². The van der Waals surface area contributed by atoms with Gasteiger partial charge in [-0.1, -0.05) is 58.5 Å². The summed E-state index contributed by atoms with van der Waals surface area (Å²) in [7, 11) is -0.658. The number of benzene rings is 1. The molecule has 3 heteroatoms. The maximum atomic E-state index is 5.97. The summed E-state index contributed by atoms with van der Waals surface area (Å²) in [6.45, 7) is 15.1. The van der Waals surface area contributed by atoms with Gasteiger partial charge in [-0.05, 0) is 23.1 Å². The molecular formula is C16H25O2Si. The van der Waals surface area contributed by atoms with Crippen LogP contribution in [0.15, 0.2) is 36.4 Å². The molecule has 0 aromatic heterocycles. The summed E-state index contributed by atoms with van der Waals surface area (Å²) < 4.78 is 11.6. The fourth-order valence-electron chi connectivity index (χ4n) is 1.34. The predicted molar refractivity (Wildman–Crippen MR) is 83.1 cm³/mol. The number of ether oxygens (including phenoxy) is 1. The molecule has 0 saturated heterocycles. The minimum absolute atomic E-state index is 0.120. The van der Waals surface area contributed by atoms with Crippen LogP contribution >= 0.6 is 0 Å². The van der Waals surface area contributed by atoms with Crippen molar-refractivity contribution < 1.29 is 9.16 Å². The molecule has 105 valence electrons. The zero-order valence-electron chi connectivity index (χ0n) is 12.4. The van der Waals surface area contributed by atoms with Gasteiger partial charge in [-0.15, -0.1) is 0 Å². The summed E-state index contributed by atoms with van der Waals surface area (Å²) in [4.78, 5) is 0. The summed E-state index contributed by atoms with van der Waals surface area (Å²) in [6, 6.07) is 9.74. The Hall–Kier alpha value is -1.06. The van der Waals surface area contributed by atoms with Crippen molar-refractivity contribution in [3.63, 3.8) is 0 Å². The third-order valence-electron chi connectivity index (χ3n) is 3.60. The second-order valence-corrected chi connectivity index (χ2v) is 8.25. The minimum atomic E-state index is -0.658. The lowest BCUT2D eigenvalue weighted by molar-refractivity contribution is 0.161. The number of para-hydroxylation sites is 1. The van der Waals surface area contributed by atoms with Crippen LogP contribution in [0, 0.1) is 12.5 Å². The van der Waals surface area contributed by atoms with Gasteiger partial charge < -0.3 is 9.16 Å². The van der Waals surface area contributed by atoms with Crippen molar-refractivity contribution in [3.8, 4) is 5.75 Å². The molecule has 0 spiro atoms. The van der Waals surface area contributed by atoms with Crippen LogP contribution in [-0.4, -0.2) is 22.5 Å². The first-order valence-electron chi connectivity index (χ1n) is 6.80. The third kappa shape index (κ3) is 5.62. The van der Waals surface area contributed by atoms with E-state index in [4.69, 9.17) is 15.7 Å². The molecule has 0 aliphatic carbocycles. The number of hydrogen-bond acceptors (Lipinski definition) is 2. The highest BCUT2D eigenvalue weighted by atomic mass is 28.2. The molecule has 1 rings (SSSR count). The lowest BCUT2D eigenvalue weighted by Crippen LogP contribution is -2.28. The van der Waals surface area contributed by atoms with Gasteiger partial charge in [0, 0.05) is 0 Å². The quantitative estimate of drug-likeness (QED) is 0.678. The average molecular weight is 277 g/mol. The largest absolute Gasteiger partial charge is 0.491 e. The van der Waals surface area contributed by atoms with Crippen LogP contribution in [0.25, 0.3) is 0 Å². The molecule has 0 heterocycles. The minimum Gasteiger partial charge on any atom is -0.491 e. The molecule has 0 aliphatic heterocycles. The van der Waals surface area contributed by atoms with Gasteiger partial charge in [0.25, 0.3) is 0 Å². The predicted octanol–water partition coefficient (Wildman–Crippen LogP) is 3.38. The first-order valence-corrected chi connectivity index (χ1v) is 8.08. The van der Waals surface area contributed by atoms with Gasteiger partial charge in [-0.25, -0.2) is 0 Å². The van der Waals surface area contributed by atoms with E-state index in [0.717, 1.165) is 5.75 Å². The SMILES string of the molecule is [CH]=CC(COc1ccccc1)O[SiH2]C(C)(C)C(C)C. The summed E-state index contributed by atoms with van der Waals surface area (Å²) in [5.74, 6) is 1.47. The molecule has 0 aliphatic rings. The fourth-order valence-corrected chi connectivity index (χ4v) is 2.53. The second-order valence-electron chi connectivity index (χ2n) is 5.81. The van der Waals surface area contributed by atoms with E-state index in [9.17, 15) is 0 Å². The van der Waals surface area contributed by atoms with Gasteiger partial charge in [0.15, 0.2) is 9.76 Å². The van der Waals surface area contributed by atoms with Gasteiger partial charge in [-0.3, -0.25) is 0 Å². The zero-order chi connectivity index (χ0) is 14.3. The molecule has 19 heavy (non-hydrogen) atoms. The van der Waals surface area contributed by atoms with Crippen LogP contribution in [0.1, 0.15) is 27.7 Å². The van der Waals surface area contributed by atoms with Crippen LogP contribution in [0.4, 0.5) is 0 Å². The van der Waals surface area contributed by atoms with Crippen molar-refractivity contribution in [2.45, 2.75) is 38.8 Å². The van der Waals surface area contributed by atoms with E-state index < -0.39 is 9.76 Å². The fraction of sp³-hybridized carbons (Fsp3) is 0.500. The number of rotatable bonds is 8. The molecule has 1 aromatic rings. The molecule has 0 bridgehead atoms. The second kappa shape index (κ2) is 7.51. The van der Waals surface area contributed by atoms with E-state index in [1.54, 1.807) is 6.08 Å². The van der Waals surface area contributed by atoms with Gasteiger partial charge >= 0.3 is 0 Å². The molecule has 1 radical (unpaired) electrons. The lowest BCUT2D eigenvalue weighted by atomic mass is 9.99. The lowest BCUT2D eigenvalue weighted by Gasteiger charge is -2.29. The Balaban J connectivity index is 2.40. The Labute approximate surface area is 119 Å². The van der Waals surface area contributed by atoms with Crippen molar-refractivity contribution in [1.29, 1.82) is 0 Å². The molecule has 0 saturated carbocycles.